The Morgan fingerprint density at radius 2 is 2.21 bits per heavy atom. The number of hydrogen-bond donors (Lipinski definition) is 3. The third-order valence-corrected chi connectivity index (χ3v) is 4.55. The molecule has 0 aromatic carbocycles. The van der Waals surface area contributed by atoms with Crippen LogP contribution in [0.4, 0.5) is 0 Å². The molecule has 0 bridgehead atoms. The molecule has 0 amide bonds. The van der Waals surface area contributed by atoms with Crippen LogP contribution in [0.3, 0.4) is 0 Å². The van der Waals surface area contributed by atoms with Crippen LogP contribution >= 0.6 is 0 Å². The summed E-state index contributed by atoms with van der Waals surface area (Å²) in [5.74, 6) is 0. The number of nitrogens with one attached hydrogen (secondary N) is 3. The van der Waals surface area contributed by atoms with Crippen molar-refractivity contribution in [2.75, 3.05) is 0 Å². The minimum atomic E-state index is -0.368. The van der Waals surface area contributed by atoms with Gasteiger partial charge in [-0.05, 0) is 17.7 Å². The highest BCUT2D eigenvalue weighted by molar-refractivity contribution is 5.85. The molecule has 1 unspecified atom stereocenters. The second-order valence-corrected chi connectivity index (χ2v) is 6.52. The van der Waals surface area contributed by atoms with E-state index in [-0.39, 0.29) is 6.23 Å². The molecular weight excluding hydrogens is 356 g/mol. The van der Waals surface area contributed by atoms with Gasteiger partial charge in [0, 0.05) is 60.1 Å². The molecule has 5 rings (SSSR count). The van der Waals surface area contributed by atoms with E-state index in [1.54, 1.807) is 17.1 Å². The number of hydrogen-bond acceptors (Lipinski definition) is 6. The van der Waals surface area contributed by atoms with Gasteiger partial charge in [-0.1, -0.05) is 6.07 Å². The molecule has 9 heteroatoms. The summed E-state index contributed by atoms with van der Waals surface area (Å²) in [4.78, 5) is 16.3. The first kappa shape index (κ1) is 16.5. The molecule has 0 saturated carbocycles. The number of pyridine rings is 2. The lowest BCUT2D eigenvalue weighted by atomic mass is 10.1. The lowest BCUT2D eigenvalue weighted by Crippen LogP contribution is -2.27. The molecule has 1 atom stereocenters. The van der Waals surface area contributed by atoms with Gasteiger partial charge in [-0.15, -0.1) is 0 Å². The summed E-state index contributed by atoms with van der Waals surface area (Å²) in [6, 6.07) is 6.39. The third kappa shape index (κ3) is 3.08. The molecule has 9 nitrogen and oxygen atoms in total. The highest BCUT2D eigenvalue weighted by Gasteiger charge is 2.25. The average Bonchev–Trinajstić information content (AvgIpc) is 3.46. The zero-order valence-corrected chi connectivity index (χ0v) is 15.1. The van der Waals surface area contributed by atoms with Gasteiger partial charge in [-0.25, -0.2) is 9.98 Å². The van der Waals surface area contributed by atoms with Crippen LogP contribution in [-0.2, 0) is 18.3 Å². The Kier molecular flexibility index (Phi) is 3.99. The molecule has 5 heterocycles. The topological polar surface area (TPSA) is 105 Å². The number of rotatable bonds is 4. The minimum Gasteiger partial charge on any atom is -0.439 e. The number of H-pyrrole nitrogens is 1. The van der Waals surface area contributed by atoms with Crippen LogP contribution in [0.1, 0.15) is 17.4 Å². The van der Waals surface area contributed by atoms with E-state index in [4.69, 9.17) is 4.74 Å². The summed E-state index contributed by atoms with van der Waals surface area (Å²) < 4.78 is 7.70. The minimum absolute atomic E-state index is 0.368. The van der Waals surface area contributed by atoms with E-state index in [0.717, 1.165) is 33.3 Å². The molecule has 1 aliphatic rings. The summed E-state index contributed by atoms with van der Waals surface area (Å²) in [6.45, 7) is 0.491. The number of aryl methyl sites for hydroxylation is 1. The molecule has 0 spiro atoms. The maximum atomic E-state index is 5.93. The highest BCUT2D eigenvalue weighted by atomic mass is 16.5. The van der Waals surface area contributed by atoms with Crippen LogP contribution in [0.15, 0.2) is 60.4 Å². The summed E-state index contributed by atoms with van der Waals surface area (Å²) in [5.41, 5.74) is 10.9. The molecule has 0 radical (unpaired) electrons. The molecule has 0 aliphatic carbocycles. The van der Waals surface area contributed by atoms with Crippen LogP contribution in [0.2, 0.25) is 0 Å². The van der Waals surface area contributed by atoms with Crippen LogP contribution in [0, 0.1) is 0 Å². The van der Waals surface area contributed by atoms with Crippen molar-refractivity contribution in [1.29, 1.82) is 0 Å². The number of aromatic nitrogens is 5. The van der Waals surface area contributed by atoms with Crippen molar-refractivity contribution < 1.29 is 4.74 Å². The average molecular weight is 374 g/mol. The number of amidine groups is 1. The van der Waals surface area contributed by atoms with Crippen LogP contribution in [0.25, 0.3) is 22.2 Å². The molecule has 4 aromatic heterocycles. The molecular formula is C19H18N8O. The lowest BCUT2D eigenvalue weighted by Gasteiger charge is -2.07. The monoisotopic (exact) mass is 374 g/mol. The predicted molar refractivity (Wildman–Crippen MR) is 104 cm³/mol. The van der Waals surface area contributed by atoms with Crippen molar-refractivity contribution in [3.63, 3.8) is 0 Å². The second-order valence-electron chi connectivity index (χ2n) is 6.52. The van der Waals surface area contributed by atoms with Gasteiger partial charge in [0.2, 0.25) is 0 Å². The van der Waals surface area contributed by atoms with Gasteiger partial charge in [0.15, 0.2) is 6.23 Å². The Balaban J connectivity index is 1.39. The van der Waals surface area contributed by atoms with Crippen LogP contribution in [0.5, 0.6) is 0 Å². The van der Waals surface area contributed by atoms with Crippen molar-refractivity contribution in [1.82, 2.24) is 35.6 Å². The molecule has 1 fully saturated rings. The Bertz CT molecular complexity index is 1150. The SMILES string of the molecule is Cn1cc(-c2cnc3[nH]cc(C4NNC(=NCc5cccnc5)O4)c3c2)cn1. The number of nitrogens with zero attached hydrogens (tertiary/aromatic N) is 5. The van der Waals surface area contributed by atoms with Gasteiger partial charge < -0.3 is 9.72 Å². The standard InChI is InChI=1S/C19H18N8O/c1-27-11-14(9-24-27)13-5-15-16(10-22-17(15)21-8-13)18-25-26-19(28-18)23-7-12-3-2-4-20-6-12/h2-6,8-11,18,25H,7H2,1H3,(H,21,22)(H,23,26). The molecule has 1 aliphatic heterocycles. The number of hydrazine groups is 1. The van der Waals surface area contributed by atoms with Gasteiger partial charge in [-0.3, -0.25) is 15.1 Å². The summed E-state index contributed by atoms with van der Waals surface area (Å²) in [7, 11) is 1.89. The molecule has 3 N–H and O–H groups in total. The first-order valence-corrected chi connectivity index (χ1v) is 8.84. The van der Waals surface area contributed by atoms with Gasteiger partial charge >= 0.3 is 6.02 Å². The smallest absolute Gasteiger partial charge is 0.301 e. The summed E-state index contributed by atoms with van der Waals surface area (Å²) in [5, 5.41) is 5.21. The highest BCUT2D eigenvalue weighted by Crippen LogP contribution is 2.29. The maximum absolute atomic E-state index is 5.93. The zero-order valence-electron chi connectivity index (χ0n) is 15.1. The van der Waals surface area contributed by atoms with Crippen molar-refractivity contribution in [3.05, 3.63) is 66.5 Å². The molecule has 1 saturated heterocycles. The second kappa shape index (κ2) is 6.78. The predicted octanol–water partition coefficient (Wildman–Crippen LogP) is 2.04. The molecule has 28 heavy (non-hydrogen) atoms. The van der Waals surface area contributed by atoms with Crippen LogP contribution < -0.4 is 10.9 Å². The van der Waals surface area contributed by atoms with Crippen molar-refractivity contribution >= 4 is 17.1 Å². The fourth-order valence-corrected chi connectivity index (χ4v) is 3.14. The molecule has 4 aromatic rings. The Morgan fingerprint density at radius 1 is 1.25 bits per heavy atom. The van der Waals surface area contributed by atoms with Crippen LogP contribution in [-0.4, -0.2) is 30.8 Å². The first-order valence-electron chi connectivity index (χ1n) is 8.84. The van der Waals surface area contributed by atoms with E-state index < -0.39 is 0 Å². The quantitative estimate of drug-likeness (QED) is 0.505. The van der Waals surface area contributed by atoms with Crippen molar-refractivity contribution in [3.8, 4) is 11.1 Å². The number of aliphatic imine (C=N–C) groups is 1. The Morgan fingerprint density at radius 3 is 3.04 bits per heavy atom. The van der Waals surface area contributed by atoms with Crippen molar-refractivity contribution in [2.24, 2.45) is 12.0 Å². The van der Waals surface area contributed by atoms with Gasteiger partial charge in [0.25, 0.3) is 0 Å². The number of fused-ring (bicyclic) bond motifs is 1. The fourth-order valence-electron chi connectivity index (χ4n) is 3.14. The van der Waals surface area contributed by atoms with Crippen molar-refractivity contribution in [2.45, 2.75) is 12.8 Å². The van der Waals surface area contributed by atoms with E-state index in [9.17, 15) is 0 Å². The third-order valence-electron chi connectivity index (χ3n) is 4.55. The lowest BCUT2D eigenvalue weighted by molar-refractivity contribution is 0.200. The normalized spacial score (nSPS) is 17.8. The van der Waals surface area contributed by atoms with Gasteiger partial charge in [0.1, 0.15) is 5.65 Å². The zero-order chi connectivity index (χ0) is 18.9. The summed E-state index contributed by atoms with van der Waals surface area (Å²) >= 11 is 0. The van der Waals surface area contributed by atoms with Gasteiger partial charge in [-0.2, -0.15) is 10.5 Å². The fraction of sp³-hybridized carbons (Fsp3) is 0.158. The Hall–Kier alpha value is -3.72. The van der Waals surface area contributed by atoms with E-state index in [1.165, 1.54) is 0 Å². The largest absolute Gasteiger partial charge is 0.439 e. The van der Waals surface area contributed by atoms with E-state index in [0.29, 0.717) is 12.6 Å². The van der Waals surface area contributed by atoms with E-state index in [1.807, 2.05) is 44.0 Å². The maximum Gasteiger partial charge on any atom is 0.301 e. The first-order chi connectivity index (χ1) is 13.8. The Labute approximate surface area is 160 Å². The molecule has 140 valence electrons. The number of ether oxygens (including phenoxy) is 1. The number of aromatic amines is 1. The van der Waals surface area contributed by atoms with Gasteiger partial charge in [0.05, 0.1) is 12.7 Å². The summed E-state index contributed by atoms with van der Waals surface area (Å²) in [6.07, 6.45) is 10.7. The van der Waals surface area contributed by atoms with E-state index >= 15 is 0 Å². The van der Waals surface area contributed by atoms with E-state index in [2.05, 4.69) is 42.0 Å².